The second-order valence-electron chi connectivity index (χ2n) is 7.89. The minimum Gasteiger partial charge on any atom is -0.490 e. The van der Waals surface area contributed by atoms with E-state index in [0.717, 1.165) is 45.9 Å². The summed E-state index contributed by atoms with van der Waals surface area (Å²) in [4.78, 5) is 0. The average Bonchev–Trinajstić information content (AvgIpc) is 2.84. The number of hydrogen-bond acceptors (Lipinski definition) is 4. The van der Waals surface area contributed by atoms with Gasteiger partial charge in [-0.25, -0.2) is 0 Å². The largest absolute Gasteiger partial charge is 0.490 e. The number of rotatable bonds is 11. The Bertz CT molecular complexity index is 1160. The first-order valence-corrected chi connectivity index (χ1v) is 11.3. The van der Waals surface area contributed by atoms with E-state index in [1.54, 1.807) is 0 Å². The van der Waals surface area contributed by atoms with Gasteiger partial charge in [-0.1, -0.05) is 66.7 Å². The topological polar surface area (TPSA) is 58.9 Å². The van der Waals surface area contributed by atoms with Crippen molar-refractivity contribution in [1.29, 1.82) is 0 Å². The summed E-state index contributed by atoms with van der Waals surface area (Å²) >= 11 is 0. The molecule has 0 aliphatic heterocycles. The van der Waals surface area contributed by atoms with Crippen molar-refractivity contribution in [2.75, 3.05) is 26.4 Å². The molecule has 32 heavy (non-hydrogen) atoms. The normalized spacial score (nSPS) is 11.2. The summed E-state index contributed by atoms with van der Waals surface area (Å²) < 4.78 is 12.5. The van der Waals surface area contributed by atoms with Gasteiger partial charge in [0.15, 0.2) is 11.5 Å². The summed E-state index contributed by atoms with van der Waals surface area (Å²) in [6.07, 6.45) is 2.94. The fourth-order valence-corrected chi connectivity index (χ4v) is 4.05. The summed E-state index contributed by atoms with van der Waals surface area (Å²) in [5.74, 6) is 1.45. The first-order chi connectivity index (χ1) is 15.8. The van der Waals surface area contributed by atoms with E-state index < -0.39 is 0 Å². The highest BCUT2D eigenvalue weighted by Crippen LogP contribution is 2.46. The van der Waals surface area contributed by atoms with E-state index in [-0.39, 0.29) is 13.2 Å². The van der Waals surface area contributed by atoms with Gasteiger partial charge in [-0.2, -0.15) is 0 Å². The van der Waals surface area contributed by atoms with Gasteiger partial charge in [-0.15, -0.1) is 0 Å². The molecule has 0 bridgehead atoms. The molecule has 4 nitrogen and oxygen atoms in total. The third-order valence-electron chi connectivity index (χ3n) is 5.64. The molecular formula is C28H30O4. The fourth-order valence-electron chi connectivity index (χ4n) is 4.05. The first-order valence-electron chi connectivity index (χ1n) is 11.3. The van der Waals surface area contributed by atoms with Crippen LogP contribution in [0.4, 0.5) is 0 Å². The van der Waals surface area contributed by atoms with E-state index in [9.17, 15) is 5.11 Å². The molecule has 0 aromatic heterocycles. The summed E-state index contributed by atoms with van der Waals surface area (Å²) in [7, 11) is 0. The molecule has 0 saturated heterocycles. The summed E-state index contributed by atoms with van der Waals surface area (Å²) in [6, 6.07) is 25.1. The number of aliphatic hydroxyl groups excluding tert-OH is 2. The predicted octanol–water partition coefficient (Wildman–Crippen LogP) is 5.96. The van der Waals surface area contributed by atoms with E-state index in [4.69, 9.17) is 14.6 Å². The van der Waals surface area contributed by atoms with Crippen molar-refractivity contribution in [3.05, 3.63) is 72.8 Å². The Morgan fingerprint density at radius 3 is 1.97 bits per heavy atom. The molecule has 4 aromatic carbocycles. The Morgan fingerprint density at radius 1 is 0.594 bits per heavy atom. The van der Waals surface area contributed by atoms with Gasteiger partial charge >= 0.3 is 0 Å². The van der Waals surface area contributed by atoms with Gasteiger partial charge in [0, 0.05) is 18.8 Å². The van der Waals surface area contributed by atoms with Crippen molar-refractivity contribution < 1.29 is 19.7 Å². The first kappa shape index (κ1) is 22.1. The van der Waals surface area contributed by atoms with Crippen LogP contribution in [0.2, 0.25) is 0 Å². The molecule has 0 saturated carbocycles. The minimum absolute atomic E-state index is 0.155. The van der Waals surface area contributed by atoms with Crippen LogP contribution >= 0.6 is 0 Å². The van der Waals surface area contributed by atoms with Crippen molar-refractivity contribution in [3.63, 3.8) is 0 Å². The molecular weight excluding hydrogens is 400 g/mol. The fraction of sp³-hybridized carbons (Fsp3) is 0.286. The number of ether oxygens (including phenoxy) is 2. The Hall–Kier alpha value is -3.08. The number of benzene rings is 4. The lowest BCUT2D eigenvalue weighted by atomic mass is 9.92. The third kappa shape index (κ3) is 4.87. The molecule has 0 aliphatic carbocycles. The van der Waals surface area contributed by atoms with Gasteiger partial charge in [0.05, 0.1) is 13.2 Å². The quantitative estimate of drug-likeness (QED) is 0.288. The van der Waals surface area contributed by atoms with Crippen LogP contribution in [0.5, 0.6) is 11.5 Å². The number of aliphatic hydroxyl groups is 2. The zero-order valence-electron chi connectivity index (χ0n) is 18.3. The smallest absolute Gasteiger partial charge is 0.169 e. The second kappa shape index (κ2) is 11.0. The lowest BCUT2D eigenvalue weighted by Crippen LogP contribution is -2.05. The molecule has 0 fully saturated rings. The molecule has 4 aromatic rings. The monoisotopic (exact) mass is 430 g/mol. The van der Waals surface area contributed by atoms with Gasteiger partial charge in [0.1, 0.15) is 0 Å². The van der Waals surface area contributed by atoms with Crippen LogP contribution in [0.15, 0.2) is 72.8 Å². The highest BCUT2D eigenvalue weighted by molar-refractivity contribution is 6.08. The van der Waals surface area contributed by atoms with Crippen LogP contribution in [0.3, 0.4) is 0 Å². The molecule has 0 heterocycles. The van der Waals surface area contributed by atoms with Crippen LogP contribution < -0.4 is 9.47 Å². The van der Waals surface area contributed by atoms with Crippen molar-refractivity contribution in [2.45, 2.75) is 25.7 Å². The summed E-state index contributed by atoms with van der Waals surface area (Å²) in [6.45, 7) is 1.33. The summed E-state index contributed by atoms with van der Waals surface area (Å²) in [5, 5.41) is 22.8. The van der Waals surface area contributed by atoms with E-state index in [1.165, 1.54) is 5.39 Å². The van der Waals surface area contributed by atoms with Gasteiger partial charge in [0.2, 0.25) is 0 Å². The van der Waals surface area contributed by atoms with Gasteiger partial charge < -0.3 is 19.7 Å². The number of hydrogen-bond donors (Lipinski definition) is 2. The zero-order chi connectivity index (χ0) is 22.2. The third-order valence-corrected chi connectivity index (χ3v) is 5.64. The highest BCUT2D eigenvalue weighted by Gasteiger charge is 2.19. The second-order valence-corrected chi connectivity index (χ2v) is 7.89. The summed E-state index contributed by atoms with van der Waals surface area (Å²) in [5.41, 5.74) is 2.14. The lowest BCUT2D eigenvalue weighted by molar-refractivity contribution is 0.232. The lowest BCUT2D eigenvalue weighted by Gasteiger charge is -2.20. The number of fused-ring (bicyclic) bond motifs is 2. The van der Waals surface area contributed by atoms with E-state index in [1.807, 2.05) is 18.2 Å². The molecule has 0 aliphatic rings. The van der Waals surface area contributed by atoms with Crippen molar-refractivity contribution in [3.8, 4) is 22.6 Å². The zero-order valence-corrected chi connectivity index (χ0v) is 18.3. The van der Waals surface area contributed by atoms with Gasteiger partial charge in [-0.3, -0.25) is 0 Å². The SMILES string of the molecule is OCCCCOc1cc2ccccc2c(-c2cccc3ccccc23)c1OCCCCO. The Morgan fingerprint density at radius 2 is 1.22 bits per heavy atom. The Balaban J connectivity index is 1.89. The van der Waals surface area contributed by atoms with Crippen LogP contribution in [0, 0.1) is 0 Å². The standard InChI is InChI=1S/C28H30O4/c29-16-5-7-18-31-26-20-22-11-2-4-14-24(22)27(28(26)32-19-8-6-17-30)25-15-9-12-21-10-1-3-13-23(21)25/h1-4,9-15,20,29-30H,5-8,16-19H2. The maximum atomic E-state index is 9.18. The maximum Gasteiger partial charge on any atom is 0.169 e. The van der Waals surface area contributed by atoms with Gasteiger partial charge in [-0.05, 0) is 58.9 Å². The Labute approximate surface area is 189 Å². The van der Waals surface area contributed by atoms with Crippen LogP contribution in [0.1, 0.15) is 25.7 Å². The van der Waals surface area contributed by atoms with Crippen molar-refractivity contribution in [1.82, 2.24) is 0 Å². The molecule has 0 unspecified atom stereocenters. The molecule has 4 rings (SSSR count). The molecule has 4 heteroatoms. The van der Waals surface area contributed by atoms with E-state index in [0.29, 0.717) is 31.8 Å². The molecule has 0 atom stereocenters. The van der Waals surface area contributed by atoms with Crippen LogP contribution in [0.25, 0.3) is 32.7 Å². The Kier molecular flexibility index (Phi) is 7.59. The predicted molar refractivity (Wildman–Crippen MR) is 131 cm³/mol. The minimum atomic E-state index is 0.155. The van der Waals surface area contributed by atoms with Crippen LogP contribution in [-0.2, 0) is 0 Å². The van der Waals surface area contributed by atoms with Crippen molar-refractivity contribution in [2.24, 2.45) is 0 Å². The molecule has 0 amide bonds. The van der Waals surface area contributed by atoms with E-state index >= 15 is 0 Å². The molecule has 0 radical (unpaired) electrons. The molecule has 166 valence electrons. The molecule has 0 spiro atoms. The van der Waals surface area contributed by atoms with Gasteiger partial charge in [0.25, 0.3) is 0 Å². The highest BCUT2D eigenvalue weighted by atomic mass is 16.5. The average molecular weight is 431 g/mol. The maximum absolute atomic E-state index is 9.18. The van der Waals surface area contributed by atoms with Crippen LogP contribution in [-0.4, -0.2) is 36.6 Å². The number of unbranched alkanes of at least 4 members (excludes halogenated alkanes) is 2. The molecule has 2 N–H and O–H groups in total. The van der Waals surface area contributed by atoms with E-state index in [2.05, 4.69) is 54.6 Å². The van der Waals surface area contributed by atoms with Crippen molar-refractivity contribution >= 4 is 21.5 Å².